The molecule has 0 aromatic heterocycles. The monoisotopic (exact) mass is 129 g/mol. The Balaban J connectivity index is 3.48. The molecule has 0 saturated heterocycles. The van der Waals surface area contributed by atoms with Crippen LogP contribution < -0.4 is 11.3 Å². The molecule has 0 aliphatic carbocycles. The van der Waals surface area contributed by atoms with Crippen LogP contribution in [0.1, 0.15) is 26.7 Å². The summed E-state index contributed by atoms with van der Waals surface area (Å²) in [5.74, 6) is 6.03. The Hall–Kier alpha value is -0.570. The summed E-state index contributed by atoms with van der Waals surface area (Å²) in [6.07, 6.45) is 1.96. The van der Waals surface area contributed by atoms with Gasteiger partial charge in [-0.25, -0.2) is 5.84 Å². The lowest BCUT2D eigenvalue weighted by molar-refractivity contribution is 0.889. The molecule has 0 fully saturated rings. The van der Waals surface area contributed by atoms with Gasteiger partial charge in [-0.05, 0) is 6.42 Å². The number of hydrazine groups is 1. The highest BCUT2D eigenvalue weighted by atomic mass is 15.2. The molecule has 0 radical (unpaired) electrons. The minimum absolute atomic E-state index is 0.868. The molecule has 3 heteroatoms. The lowest BCUT2D eigenvalue weighted by atomic mass is 10.4. The van der Waals surface area contributed by atoms with Crippen molar-refractivity contribution < 1.29 is 0 Å². The Morgan fingerprint density at radius 1 is 1.56 bits per heavy atom. The Labute approximate surface area is 56.3 Å². The van der Waals surface area contributed by atoms with Crippen LogP contribution >= 0.6 is 0 Å². The van der Waals surface area contributed by atoms with Crippen molar-refractivity contribution >= 4 is 5.84 Å². The van der Waals surface area contributed by atoms with Gasteiger partial charge in [0.25, 0.3) is 0 Å². The average Bonchev–Trinajstić information content (AvgIpc) is 1.91. The number of hydrogen-bond donors (Lipinski definition) is 2. The normalized spacial score (nSPS) is 11.7. The van der Waals surface area contributed by atoms with E-state index < -0.39 is 0 Å². The van der Waals surface area contributed by atoms with Gasteiger partial charge in [0.2, 0.25) is 0 Å². The van der Waals surface area contributed by atoms with Crippen molar-refractivity contribution in [2.45, 2.75) is 26.7 Å². The third-order valence-corrected chi connectivity index (χ3v) is 1.03. The Bertz CT molecular complexity index is 82.3. The van der Waals surface area contributed by atoms with Crippen LogP contribution in [0, 0.1) is 0 Å². The van der Waals surface area contributed by atoms with Gasteiger partial charge in [0.1, 0.15) is 5.84 Å². The molecule has 0 amide bonds. The molecular weight excluding hydrogens is 114 g/mol. The van der Waals surface area contributed by atoms with E-state index in [0.29, 0.717) is 0 Å². The van der Waals surface area contributed by atoms with Crippen molar-refractivity contribution in [3.63, 3.8) is 0 Å². The van der Waals surface area contributed by atoms with Crippen LogP contribution in [0.2, 0.25) is 0 Å². The van der Waals surface area contributed by atoms with Crippen LogP contribution in [0.4, 0.5) is 0 Å². The molecule has 3 N–H and O–H groups in total. The number of aliphatic imine (C=N–C) groups is 1. The molecule has 9 heavy (non-hydrogen) atoms. The fourth-order valence-corrected chi connectivity index (χ4v) is 0.506. The predicted molar refractivity (Wildman–Crippen MR) is 40.2 cm³/mol. The van der Waals surface area contributed by atoms with E-state index in [2.05, 4.69) is 17.3 Å². The molecular formula is C6H15N3. The van der Waals surface area contributed by atoms with Crippen LogP contribution in [0.5, 0.6) is 0 Å². The summed E-state index contributed by atoms with van der Waals surface area (Å²) in [6.45, 7) is 4.98. The second-order valence-electron chi connectivity index (χ2n) is 1.83. The highest BCUT2D eigenvalue weighted by Crippen LogP contribution is 1.82. The van der Waals surface area contributed by atoms with E-state index in [-0.39, 0.29) is 0 Å². The largest absolute Gasteiger partial charge is 0.312 e. The third kappa shape index (κ3) is 3.97. The molecule has 3 nitrogen and oxygen atoms in total. The molecule has 0 heterocycles. The molecule has 0 saturated carbocycles. The predicted octanol–water partition coefficient (Wildman–Crippen LogP) is 0.668. The summed E-state index contributed by atoms with van der Waals surface area (Å²) in [5, 5.41) is 0. The fourth-order valence-electron chi connectivity index (χ4n) is 0.506. The fraction of sp³-hybridized carbons (Fsp3) is 0.833. The number of nitrogens with one attached hydrogen (secondary N) is 1. The minimum Gasteiger partial charge on any atom is -0.312 e. The van der Waals surface area contributed by atoms with Gasteiger partial charge in [-0.2, -0.15) is 0 Å². The van der Waals surface area contributed by atoms with E-state index in [9.17, 15) is 0 Å². The third-order valence-electron chi connectivity index (χ3n) is 1.03. The van der Waals surface area contributed by atoms with Gasteiger partial charge in [-0.3, -0.25) is 4.99 Å². The minimum atomic E-state index is 0.868. The highest BCUT2D eigenvalue weighted by Gasteiger charge is 1.86. The van der Waals surface area contributed by atoms with E-state index >= 15 is 0 Å². The van der Waals surface area contributed by atoms with E-state index in [0.717, 1.165) is 25.2 Å². The second-order valence-corrected chi connectivity index (χ2v) is 1.83. The number of amidine groups is 1. The summed E-state index contributed by atoms with van der Waals surface area (Å²) in [6, 6.07) is 0. The molecule has 0 aliphatic heterocycles. The van der Waals surface area contributed by atoms with E-state index in [4.69, 9.17) is 5.84 Å². The molecule has 0 aromatic carbocycles. The van der Waals surface area contributed by atoms with Gasteiger partial charge in [-0.15, -0.1) is 0 Å². The smallest absolute Gasteiger partial charge is 0.110 e. The van der Waals surface area contributed by atoms with Crippen molar-refractivity contribution in [1.29, 1.82) is 0 Å². The Kier molecular flexibility index (Phi) is 5.21. The van der Waals surface area contributed by atoms with Gasteiger partial charge < -0.3 is 5.43 Å². The lowest BCUT2D eigenvalue weighted by Crippen LogP contribution is -2.29. The zero-order valence-electron chi connectivity index (χ0n) is 6.15. The van der Waals surface area contributed by atoms with Crippen molar-refractivity contribution in [2.75, 3.05) is 6.54 Å². The molecule has 0 rings (SSSR count). The Morgan fingerprint density at radius 3 is 2.56 bits per heavy atom. The summed E-state index contributed by atoms with van der Waals surface area (Å²) >= 11 is 0. The average molecular weight is 129 g/mol. The van der Waals surface area contributed by atoms with Gasteiger partial charge in [0, 0.05) is 13.0 Å². The first-order valence-electron chi connectivity index (χ1n) is 3.35. The maximum absolute atomic E-state index is 5.14. The summed E-state index contributed by atoms with van der Waals surface area (Å²) in [4.78, 5) is 4.16. The quantitative estimate of drug-likeness (QED) is 0.255. The van der Waals surface area contributed by atoms with Gasteiger partial charge in [0.05, 0.1) is 0 Å². The van der Waals surface area contributed by atoms with Gasteiger partial charge in [0.15, 0.2) is 0 Å². The standard InChI is InChI=1S/C6H15N3/c1-3-5-8-6(4-2)9-7/h3-5,7H2,1-2H3,(H,8,9). The topological polar surface area (TPSA) is 50.4 Å². The molecule has 0 aromatic rings. The molecule has 0 aliphatic rings. The summed E-state index contributed by atoms with van der Waals surface area (Å²) in [5.41, 5.74) is 2.54. The first-order chi connectivity index (χ1) is 4.35. The summed E-state index contributed by atoms with van der Waals surface area (Å²) < 4.78 is 0. The van der Waals surface area contributed by atoms with Crippen LogP contribution in [0.3, 0.4) is 0 Å². The van der Waals surface area contributed by atoms with E-state index in [1.54, 1.807) is 0 Å². The van der Waals surface area contributed by atoms with Crippen molar-refractivity contribution in [3.8, 4) is 0 Å². The maximum Gasteiger partial charge on any atom is 0.110 e. The summed E-state index contributed by atoms with van der Waals surface area (Å²) in [7, 11) is 0. The first kappa shape index (κ1) is 8.43. The van der Waals surface area contributed by atoms with Crippen LogP contribution in [-0.2, 0) is 0 Å². The van der Waals surface area contributed by atoms with Crippen LogP contribution in [0.25, 0.3) is 0 Å². The SMILES string of the molecule is CCCN=C(CC)NN. The van der Waals surface area contributed by atoms with Crippen molar-refractivity contribution in [1.82, 2.24) is 5.43 Å². The zero-order chi connectivity index (χ0) is 7.11. The van der Waals surface area contributed by atoms with Crippen molar-refractivity contribution in [3.05, 3.63) is 0 Å². The van der Waals surface area contributed by atoms with E-state index in [1.165, 1.54) is 0 Å². The zero-order valence-corrected chi connectivity index (χ0v) is 6.15. The van der Waals surface area contributed by atoms with Crippen LogP contribution in [-0.4, -0.2) is 12.4 Å². The van der Waals surface area contributed by atoms with Crippen LogP contribution in [0.15, 0.2) is 4.99 Å². The molecule has 0 bridgehead atoms. The van der Waals surface area contributed by atoms with Gasteiger partial charge in [-0.1, -0.05) is 13.8 Å². The van der Waals surface area contributed by atoms with E-state index in [1.807, 2.05) is 6.92 Å². The molecule has 0 atom stereocenters. The number of hydrogen-bond acceptors (Lipinski definition) is 2. The number of nitrogens with two attached hydrogens (primary N) is 1. The molecule has 0 spiro atoms. The van der Waals surface area contributed by atoms with Gasteiger partial charge >= 0.3 is 0 Å². The van der Waals surface area contributed by atoms with Crippen molar-refractivity contribution in [2.24, 2.45) is 10.8 Å². The second kappa shape index (κ2) is 5.56. The maximum atomic E-state index is 5.14. The lowest BCUT2D eigenvalue weighted by Gasteiger charge is -1.99. The first-order valence-corrected chi connectivity index (χ1v) is 3.35. The molecule has 54 valence electrons. The number of rotatable bonds is 3. The highest BCUT2D eigenvalue weighted by molar-refractivity contribution is 5.81. The molecule has 0 unspecified atom stereocenters. The number of nitrogens with zero attached hydrogens (tertiary/aromatic N) is 1. The Morgan fingerprint density at radius 2 is 2.22 bits per heavy atom.